The fourth-order valence-electron chi connectivity index (χ4n) is 3.29. The van der Waals surface area contributed by atoms with Gasteiger partial charge in [-0.15, -0.1) is 11.3 Å². The van der Waals surface area contributed by atoms with Crippen molar-refractivity contribution >= 4 is 49.9 Å². The van der Waals surface area contributed by atoms with E-state index in [9.17, 15) is 9.00 Å². The van der Waals surface area contributed by atoms with Gasteiger partial charge in [0.05, 0.1) is 33.8 Å². The van der Waals surface area contributed by atoms with Gasteiger partial charge in [0, 0.05) is 23.0 Å². The number of nitrogen functional groups attached to an aromatic ring is 1. The van der Waals surface area contributed by atoms with Crippen molar-refractivity contribution in [3.63, 3.8) is 0 Å². The first-order valence-corrected chi connectivity index (χ1v) is 13.0. The fraction of sp³-hybridized carbons (Fsp3) is 0.174. The lowest BCUT2D eigenvalue weighted by Crippen LogP contribution is -2.31. The Morgan fingerprint density at radius 1 is 1.23 bits per heavy atom. The molecule has 0 spiro atoms. The van der Waals surface area contributed by atoms with Gasteiger partial charge < -0.3 is 19.9 Å². The molecule has 0 fully saturated rings. The van der Waals surface area contributed by atoms with Crippen LogP contribution in [-0.2, 0) is 21.1 Å². The first-order valence-electron chi connectivity index (χ1n) is 10.4. The SMILES string of the molecule is C=S(=O)(NC(=O)OCC)c1cccc(COc2cc3nc(N)nc(-c4nccs4)c3cc2OC)c1. The topological polar surface area (TPSA) is 139 Å². The summed E-state index contributed by atoms with van der Waals surface area (Å²) >= 11 is 1.44. The fourth-order valence-corrected chi connectivity index (χ4v) is 5.01. The van der Waals surface area contributed by atoms with Gasteiger partial charge in [-0.2, -0.15) is 0 Å². The van der Waals surface area contributed by atoms with Gasteiger partial charge in [0.15, 0.2) is 11.5 Å². The highest BCUT2D eigenvalue weighted by molar-refractivity contribution is 7.99. The number of nitrogens with two attached hydrogens (primary N) is 1. The normalized spacial score (nSPS) is 12.6. The summed E-state index contributed by atoms with van der Waals surface area (Å²) in [7, 11) is -1.56. The zero-order valence-electron chi connectivity index (χ0n) is 19.0. The molecule has 0 saturated carbocycles. The Morgan fingerprint density at radius 3 is 2.77 bits per heavy atom. The molecule has 0 bridgehead atoms. The van der Waals surface area contributed by atoms with Gasteiger partial charge in [0.2, 0.25) is 5.95 Å². The number of anilines is 1. The molecule has 1 unspecified atom stereocenters. The molecule has 12 heteroatoms. The summed E-state index contributed by atoms with van der Waals surface area (Å²) < 4.78 is 31.6. The zero-order chi connectivity index (χ0) is 25.0. The van der Waals surface area contributed by atoms with Crippen LogP contribution in [0.4, 0.5) is 10.7 Å². The van der Waals surface area contributed by atoms with Gasteiger partial charge in [-0.1, -0.05) is 12.1 Å². The van der Waals surface area contributed by atoms with E-state index in [0.717, 1.165) is 5.39 Å². The minimum atomic E-state index is -3.10. The van der Waals surface area contributed by atoms with Crippen LogP contribution < -0.4 is 19.9 Å². The Balaban J connectivity index is 1.61. The van der Waals surface area contributed by atoms with E-state index in [4.69, 9.17) is 19.9 Å². The van der Waals surface area contributed by atoms with Crippen LogP contribution in [0.1, 0.15) is 12.5 Å². The molecule has 182 valence electrons. The van der Waals surface area contributed by atoms with E-state index in [0.29, 0.717) is 38.2 Å². The molecule has 35 heavy (non-hydrogen) atoms. The summed E-state index contributed by atoms with van der Waals surface area (Å²) in [6, 6.07) is 10.3. The molecule has 3 N–H and O–H groups in total. The molecule has 2 aromatic heterocycles. The summed E-state index contributed by atoms with van der Waals surface area (Å²) in [5.74, 6) is 4.68. The molecular formula is C23H23N5O5S2. The second-order valence-electron chi connectivity index (χ2n) is 7.22. The van der Waals surface area contributed by atoms with E-state index < -0.39 is 15.8 Å². The van der Waals surface area contributed by atoms with Crippen LogP contribution in [-0.4, -0.2) is 44.8 Å². The molecule has 2 aromatic carbocycles. The number of carbonyl (C=O) groups is 1. The van der Waals surface area contributed by atoms with Crippen LogP contribution in [0.2, 0.25) is 0 Å². The van der Waals surface area contributed by atoms with Crippen LogP contribution in [0, 0.1) is 0 Å². The summed E-state index contributed by atoms with van der Waals surface area (Å²) in [6.07, 6.45) is 0.896. The number of thiazole rings is 1. The van der Waals surface area contributed by atoms with Crippen molar-refractivity contribution in [3.05, 3.63) is 53.5 Å². The minimum absolute atomic E-state index is 0.117. The second-order valence-corrected chi connectivity index (χ2v) is 10.1. The van der Waals surface area contributed by atoms with Gasteiger partial charge in [-0.3, -0.25) is 0 Å². The third-order valence-corrected chi connectivity index (χ3v) is 7.12. The number of nitrogens with zero attached hydrogens (tertiary/aromatic N) is 3. The maximum absolute atomic E-state index is 12.9. The number of ether oxygens (including phenoxy) is 3. The maximum atomic E-state index is 12.9. The van der Waals surface area contributed by atoms with Gasteiger partial charge in [-0.05, 0) is 36.6 Å². The number of nitrogens with one attached hydrogen (secondary N) is 1. The minimum Gasteiger partial charge on any atom is -0.493 e. The van der Waals surface area contributed by atoms with Gasteiger partial charge in [-0.25, -0.2) is 28.7 Å². The lowest BCUT2D eigenvalue weighted by Gasteiger charge is -2.15. The van der Waals surface area contributed by atoms with Gasteiger partial charge >= 0.3 is 6.09 Å². The molecule has 4 aromatic rings. The highest BCUT2D eigenvalue weighted by atomic mass is 32.2. The van der Waals surface area contributed by atoms with Crippen LogP contribution in [0.25, 0.3) is 21.6 Å². The number of benzene rings is 2. The summed E-state index contributed by atoms with van der Waals surface area (Å²) in [6.45, 7) is 1.94. The van der Waals surface area contributed by atoms with Crippen LogP contribution in [0.15, 0.2) is 52.9 Å². The number of carbonyl (C=O) groups excluding carboxylic acids is 1. The third kappa shape index (κ3) is 5.44. The average molecular weight is 514 g/mol. The van der Waals surface area contributed by atoms with Crippen molar-refractivity contribution in [2.45, 2.75) is 18.4 Å². The van der Waals surface area contributed by atoms with Crippen molar-refractivity contribution in [1.82, 2.24) is 19.7 Å². The monoisotopic (exact) mass is 513 g/mol. The molecule has 2 heterocycles. The van der Waals surface area contributed by atoms with Crippen molar-refractivity contribution in [1.29, 1.82) is 0 Å². The van der Waals surface area contributed by atoms with E-state index in [1.807, 2.05) is 5.38 Å². The van der Waals surface area contributed by atoms with Crippen LogP contribution >= 0.6 is 11.3 Å². The molecule has 0 saturated heterocycles. The summed E-state index contributed by atoms with van der Waals surface area (Å²) in [5.41, 5.74) is 7.83. The van der Waals surface area contributed by atoms with Crippen molar-refractivity contribution in [3.8, 4) is 22.2 Å². The van der Waals surface area contributed by atoms with Gasteiger partial charge in [0.1, 0.15) is 17.3 Å². The summed E-state index contributed by atoms with van der Waals surface area (Å²) in [5, 5.41) is 3.29. The maximum Gasteiger partial charge on any atom is 0.418 e. The number of hydrogen-bond acceptors (Lipinski definition) is 10. The predicted molar refractivity (Wildman–Crippen MR) is 136 cm³/mol. The predicted octanol–water partition coefficient (Wildman–Crippen LogP) is 3.66. The Kier molecular flexibility index (Phi) is 7.03. The first-order chi connectivity index (χ1) is 16.8. The molecule has 1 atom stereocenters. The van der Waals surface area contributed by atoms with Crippen LogP contribution in [0.5, 0.6) is 11.5 Å². The smallest absolute Gasteiger partial charge is 0.418 e. The zero-order valence-corrected chi connectivity index (χ0v) is 20.6. The molecule has 0 aliphatic carbocycles. The Labute approximate surface area is 206 Å². The lowest BCUT2D eigenvalue weighted by molar-refractivity contribution is 0.159. The van der Waals surface area contributed by atoms with E-state index in [1.54, 1.807) is 49.5 Å². The molecule has 0 aliphatic rings. The third-order valence-electron chi connectivity index (χ3n) is 4.83. The number of aromatic nitrogens is 3. The van der Waals surface area contributed by atoms with E-state index >= 15 is 0 Å². The Hall–Kier alpha value is -3.90. The largest absolute Gasteiger partial charge is 0.493 e. The number of amides is 1. The number of fused-ring (bicyclic) bond motifs is 1. The lowest BCUT2D eigenvalue weighted by atomic mass is 10.1. The van der Waals surface area contributed by atoms with Crippen molar-refractivity contribution in [2.24, 2.45) is 0 Å². The molecule has 0 radical (unpaired) electrons. The highest BCUT2D eigenvalue weighted by Crippen LogP contribution is 2.37. The van der Waals surface area contributed by atoms with Gasteiger partial charge in [0.25, 0.3) is 0 Å². The number of methoxy groups -OCH3 is 1. The Morgan fingerprint density at radius 2 is 2.06 bits per heavy atom. The molecule has 10 nitrogen and oxygen atoms in total. The van der Waals surface area contributed by atoms with E-state index in [1.165, 1.54) is 18.4 Å². The standard InChI is InChI=1S/C23H23N5O5S2/c1-4-32-23(29)28-35(3,30)15-7-5-6-14(10-15)13-33-19-12-17-16(11-18(19)31-2)20(27-22(24)26-17)21-25-8-9-34-21/h5-12H,3-4,13H2,1-2H3,(H2,24,26,27)(H,28,29,30). The number of rotatable bonds is 8. The summed E-state index contributed by atoms with van der Waals surface area (Å²) in [4.78, 5) is 25.1. The van der Waals surface area contributed by atoms with E-state index in [-0.39, 0.29) is 19.2 Å². The molecule has 1 amide bonds. The first kappa shape index (κ1) is 24.2. The average Bonchev–Trinajstić information content (AvgIpc) is 3.36. The second kappa shape index (κ2) is 10.2. The highest BCUT2D eigenvalue weighted by Gasteiger charge is 2.17. The quantitative estimate of drug-likeness (QED) is 0.338. The molecule has 0 aliphatic heterocycles. The Bertz CT molecular complexity index is 1470. The van der Waals surface area contributed by atoms with E-state index in [2.05, 4.69) is 25.5 Å². The molecular weight excluding hydrogens is 490 g/mol. The van der Waals surface area contributed by atoms with Crippen LogP contribution in [0.3, 0.4) is 0 Å². The van der Waals surface area contributed by atoms with Crippen molar-refractivity contribution < 1.29 is 23.2 Å². The van der Waals surface area contributed by atoms with Crippen molar-refractivity contribution in [2.75, 3.05) is 19.5 Å². The number of hydrogen-bond donors (Lipinski definition) is 2. The molecule has 4 rings (SSSR count).